The minimum Gasteiger partial charge on any atom is -0.515 e. The van der Waals surface area contributed by atoms with E-state index in [1.807, 2.05) is 19.1 Å². The van der Waals surface area contributed by atoms with Crippen LogP contribution in [-0.2, 0) is 9.53 Å². The first kappa shape index (κ1) is 39.0. The number of carbonyl (C=O) groups excluding carboxylic acids is 1. The van der Waals surface area contributed by atoms with Crippen LogP contribution in [0.3, 0.4) is 0 Å². The molecule has 0 spiro atoms. The molecule has 4 N–H and O–H groups in total. The molecule has 1 aliphatic heterocycles. The summed E-state index contributed by atoms with van der Waals surface area (Å²) < 4.78 is 6.24. The third-order valence-corrected chi connectivity index (χ3v) is 12.2. The van der Waals surface area contributed by atoms with Gasteiger partial charge in [0.25, 0.3) is 0 Å². The topological polar surface area (TPSA) is 111 Å². The first-order chi connectivity index (χ1) is 21.3. The zero-order valence-electron chi connectivity index (χ0n) is 30.7. The lowest BCUT2D eigenvalue weighted by Crippen LogP contribution is -2.51. The maximum Gasteiger partial charge on any atom is 0.138 e. The number of fused-ring (bicyclic) bond motifs is 1. The number of Topliss-reactive ketones (excluding diaryl/α,β-unsaturated/α-hetero) is 1. The van der Waals surface area contributed by atoms with Crippen molar-refractivity contribution in [2.45, 2.75) is 181 Å². The molecule has 2 aliphatic carbocycles. The fourth-order valence-corrected chi connectivity index (χ4v) is 9.44. The van der Waals surface area contributed by atoms with Crippen LogP contribution in [0.2, 0.25) is 0 Å². The van der Waals surface area contributed by atoms with Crippen molar-refractivity contribution >= 4 is 5.78 Å². The average Bonchev–Trinajstić information content (AvgIpc) is 3.52. The molecule has 3 unspecified atom stereocenters. The van der Waals surface area contributed by atoms with Crippen molar-refractivity contribution < 1.29 is 30.0 Å². The van der Waals surface area contributed by atoms with E-state index < -0.39 is 17.3 Å². The van der Waals surface area contributed by atoms with Crippen molar-refractivity contribution in [3.05, 3.63) is 35.6 Å². The van der Waals surface area contributed by atoms with Crippen LogP contribution in [-0.4, -0.2) is 55.2 Å². The number of ketones is 1. The molecule has 46 heavy (non-hydrogen) atoms. The highest BCUT2D eigenvalue weighted by Gasteiger charge is 2.76. The lowest BCUT2D eigenvalue weighted by atomic mass is 9.59. The monoisotopic (exact) mass is 645 g/mol. The van der Waals surface area contributed by atoms with Gasteiger partial charge in [0.1, 0.15) is 11.4 Å². The second kappa shape index (κ2) is 15.4. The summed E-state index contributed by atoms with van der Waals surface area (Å²) in [5.74, 6) is 1.07. The number of aliphatic hydroxyl groups is 4. The predicted molar refractivity (Wildman–Crippen MR) is 187 cm³/mol. The summed E-state index contributed by atoms with van der Waals surface area (Å²) in [5.41, 5.74) is 0.205. The lowest BCUT2D eigenvalue weighted by Gasteiger charge is -2.50. The summed E-state index contributed by atoms with van der Waals surface area (Å²) in [6.07, 6.45) is 18.5. The molecule has 0 amide bonds. The van der Waals surface area contributed by atoms with E-state index in [1.165, 1.54) is 11.8 Å². The standard InChI is InChI=1S/C40H68O6/c1-28(15-12-17-30(3)34(44)26-40-37(6,7)23-33(43)25-39(40,9)46-40)14-10-11-18-31(27-41)19-13-16-29(2)20-21-35-36(4,5)22-32(42)24-38(35,8)45/h13,16,19,27-28,30,32-33,35,41-43,45H,10-12,14-15,17-18,20-26H2,1-9H3/b19-13+,29-16+,31-27+/t28?,30?,32-,33-,35?,38+,39+,40-/m0/s1. The molecule has 3 aliphatic rings. The third-order valence-electron chi connectivity index (χ3n) is 12.2. The molecular formula is C40H68O6. The fourth-order valence-electron chi connectivity index (χ4n) is 9.44. The Balaban J connectivity index is 1.31. The second-order valence-corrected chi connectivity index (χ2v) is 17.5. The number of ether oxygens (including phenoxy) is 1. The van der Waals surface area contributed by atoms with Crippen LogP contribution in [0.5, 0.6) is 0 Å². The van der Waals surface area contributed by atoms with Gasteiger partial charge in [0.15, 0.2) is 0 Å². The van der Waals surface area contributed by atoms with Crippen molar-refractivity contribution in [1.29, 1.82) is 0 Å². The number of rotatable bonds is 17. The number of allylic oxidation sites excluding steroid dienone is 5. The Hall–Kier alpha value is -1.47. The van der Waals surface area contributed by atoms with E-state index >= 15 is 0 Å². The summed E-state index contributed by atoms with van der Waals surface area (Å²) >= 11 is 0. The lowest BCUT2D eigenvalue weighted by molar-refractivity contribution is -0.132. The highest BCUT2D eigenvalue weighted by atomic mass is 16.6. The second-order valence-electron chi connectivity index (χ2n) is 17.5. The SMILES string of the molecule is C\C(=C/C=C/C(=C/O)CCCCC(C)CCCC(C)C(=O)C[C@@]12O[C@]1(C)C[C@@H](O)CC2(C)C)CCC1C(C)(C)C[C@H](O)C[C@@]1(C)O. The van der Waals surface area contributed by atoms with Gasteiger partial charge in [-0.1, -0.05) is 91.0 Å². The van der Waals surface area contributed by atoms with Crippen molar-refractivity contribution in [1.82, 2.24) is 0 Å². The minimum absolute atomic E-state index is 0.0300. The first-order valence-electron chi connectivity index (χ1n) is 18.3. The number of aliphatic hydroxyl groups excluding tert-OH is 3. The smallest absolute Gasteiger partial charge is 0.138 e. The summed E-state index contributed by atoms with van der Waals surface area (Å²) in [6, 6.07) is 0. The normalized spacial score (nSPS) is 35.5. The highest BCUT2D eigenvalue weighted by Crippen LogP contribution is 2.67. The van der Waals surface area contributed by atoms with Crippen LogP contribution in [0.15, 0.2) is 35.6 Å². The van der Waals surface area contributed by atoms with Crippen molar-refractivity contribution in [2.24, 2.45) is 28.6 Å². The van der Waals surface area contributed by atoms with E-state index in [4.69, 9.17) is 4.74 Å². The number of unbranched alkanes of at least 4 members (excludes halogenated alkanes) is 1. The first-order valence-corrected chi connectivity index (χ1v) is 18.3. The molecule has 6 heteroatoms. The van der Waals surface area contributed by atoms with Crippen LogP contribution < -0.4 is 0 Å². The Morgan fingerprint density at radius 3 is 2.17 bits per heavy atom. The van der Waals surface area contributed by atoms with Gasteiger partial charge in [-0.3, -0.25) is 4.79 Å². The van der Waals surface area contributed by atoms with Gasteiger partial charge in [-0.25, -0.2) is 0 Å². The van der Waals surface area contributed by atoms with E-state index in [-0.39, 0.29) is 34.4 Å². The summed E-state index contributed by atoms with van der Waals surface area (Å²) in [5, 5.41) is 41.2. The Morgan fingerprint density at radius 2 is 1.54 bits per heavy atom. The van der Waals surface area contributed by atoms with Crippen molar-refractivity contribution in [2.75, 3.05) is 0 Å². The van der Waals surface area contributed by atoms with Gasteiger partial charge in [-0.2, -0.15) is 0 Å². The number of epoxide rings is 1. The molecule has 6 nitrogen and oxygen atoms in total. The Labute approximate surface area is 280 Å². The van der Waals surface area contributed by atoms with E-state index in [2.05, 4.69) is 61.5 Å². The molecule has 2 saturated carbocycles. The minimum atomic E-state index is -0.855. The fraction of sp³-hybridized carbons (Fsp3) is 0.825. The van der Waals surface area contributed by atoms with Gasteiger partial charge in [-0.15, -0.1) is 0 Å². The molecule has 8 atom stereocenters. The van der Waals surface area contributed by atoms with Crippen LogP contribution in [0, 0.1) is 28.6 Å². The van der Waals surface area contributed by atoms with Gasteiger partial charge in [-0.05, 0) is 94.0 Å². The number of hydrogen-bond donors (Lipinski definition) is 4. The molecule has 0 aromatic rings. The summed E-state index contributed by atoms with van der Waals surface area (Å²) in [4.78, 5) is 13.2. The molecule has 0 aromatic carbocycles. The average molecular weight is 645 g/mol. The Morgan fingerprint density at radius 1 is 0.891 bits per heavy atom. The van der Waals surface area contributed by atoms with Gasteiger partial charge in [0.05, 0.1) is 29.7 Å². The van der Waals surface area contributed by atoms with Crippen LogP contribution >= 0.6 is 0 Å². The maximum absolute atomic E-state index is 13.2. The van der Waals surface area contributed by atoms with Gasteiger partial charge >= 0.3 is 0 Å². The van der Waals surface area contributed by atoms with E-state index in [1.54, 1.807) is 0 Å². The number of hydrogen-bond acceptors (Lipinski definition) is 6. The molecule has 264 valence electrons. The van der Waals surface area contributed by atoms with Crippen molar-refractivity contribution in [3.8, 4) is 0 Å². The molecule has 3 fully saturated rings. The zero-order chi connectivity index (χ0) is 34.6. The van der Waals surface area contributed by atoms with Crippen LogP contribution in [0.1, 0.15) is 152 Å². The molecule has 0 aromatic heterocycles. The Kier molecular flexibility index (Phi) is 13.0. The third kappa shape index (κ3) is 9.57. The van der Waals surface area contributed by atoms with Gasteiger partial charge < -0.3 is 25.2 Å². The molecular weight excluding hydrogens is 576 g/mol. The quantitative estimate of drug-likeness (QED) is 0.0545. The molecule has 1 saturated heterocycles. The van der Waals surface area contributed by atoms with Gasteiger partial charge in [0.2, 0.25) is 0 Å². The Bertz CT molecular complexity index is 1100. The zero-order valence-corrected chi connectivity index (χ0v) is 30.7. The molecule has 3 rings (SSSR count). The van der Waals surface area contributed by atoms with E-state index in [0.717, 1.165) is 69.8 Å². The van der Waals surface area contributed by atoms with Gasteiger partial charge in [0, 0.05) is 25.2 Å². The molecule has 0 radical (unpaired) electrons. The van der Waals surface area contributed by atoms with Crippen molar-refractivity contribution in [3.63, 3.8) is 0 Å². The van der Waals surface area contributed by atoms with Crippen LogP contribution in [0.25, 0.3) is 0 Å². The summed E-state index contributed by atoms with van der Waals surface area (Å²) in [6.45, 7) is 19.0. The predicted octanol–water partition coefficient (Wildman–Crippen LogP) is 8.93. The highest BCUT2D eigenvalue weighted by molar-refractivity contribution is 5.82. The molecule has 0 bridgehead atoms. The number of carbonyl (C=O) groups is 1. The van der Waals surface area contributed by atoms with E-state index in [9.17, 15) is 25.2 Å². The maximum atomic E-state index is 13.2. The molecule has 1 heterocycles. The largest absolute Gasteiger partial charge is 0.515 e. The van der Waals surface area contributed by atoms with Crippen LogP contribution in [0.4, 0.5) is 0 Å². The summed E-state index contributed by atoms with van der Waals surface area (Å²) in [7, 11) is 0. The van der Waals surface area contributed by atoms with E-state index in [0.29, 0.717) is 37.4 Å².